The van der Waals surface area contributed by atoms with Crippen LogP contribution in [0.4, 0.5) is 0 Å². The third-order valence-corrected chi connectivity index (χ3v) is 5.93. The standard InChI is InChI=1S/C10H19NO4S2Si/c1-8(9(16)10(12)15-2)11-17(13,14)6-7-18(3,4)5/h6-7H2,1-5H3/b11-8+. The van der Waals surface area contributed by atoms with Crippen LogP contribution in [0.25, 0.3) is 0 Å². The molecule has 0 aliphatic heterocycles. The van der Waals surface area contributed by atoms with Crippen LogP contribution in [0.5, 0.6) is 0 Å². The highest BCUT2D eigenvalue weighted by molar-refractivity contribution is 7.90. The highest BCUT2D eigenvalue weighted by Gasteiger charge is 2.20. The zero-order chi connectivity index (χ0) is 14.6. The molecule has 0 aromatic rings. The van der Waals surface area contributed by atoms with Crippen molar-refractivity contribution >= 4 is 46.9 Å². The maximum Gasteiger partial charge on any atom is 0.350 e. The van der Waals surface area contributed by atoms with Crippen molar-refractivity contribution in [3.05, 3.63) is 0 Å². The molecule has 18 heavy (non-hydrogen) atoms. The van der Waals surface area contributed by atoms with Crippen molar-refractivity contribution in [1.82, 2.24) is 0 Å². The summed E-state index contributed by atoms with van der Waals surface area (Å²) < 4.78 is 31.4. The summed E-state index contributed by atoms with van der Waals surface area (Å²) >= 11 is 4.76. The van der Waals surface area contributed by atoms with Gasteiger partial charge in [-0.25, -0.2) is 13.2 Å². The minimum atomic E-state index is -3.57. The Morgan fingerprint density at radius 1 is 1.33 bits per heavy atom. The fourth-order valence-corrected chi connectivity index (χ4v) is 5.24. The number of hydrogen-bond acceptors (Lipinski definition) is 5. The van der Waals surface area contributed by atoms with Crippen LogP contribution in [-0.2, 0) is 19.6 Å². The van der Waals surface area contributed by atoms with E-state index in [-0.39, 0.29) is 16.3 Å². The Bertz CT molecular complexity index is 463. The number of carbonyl (C=O) groups is 1. The fraction of sp³-hybridized carbons (Fsp3) is 0.700. The molecule has 0 unspecified atom stereocenters. The first-order valence-corrected chi connectivity index (χ1v) is 11.1. The topological polar surface area (TPSA) is 72.8 Å². The monoisotopic (exact) mass is 309 g/mol. The molecule has 8 heteroatoms. The molecule has 0 atom stereocenters. The van der Waals surface area contributed by atoms with E-state index >= 15 is 0 Å². The van der Waals surface area contributed by atoms with E-state index in [1.807, 2.05) is 0 Å². The Morgan fingerprint density at radius 2 is 1.83 bits per heavy atom. The first-order chi connectivity index (χ1) is 7.98. The second kappa shape index (κ2) is 6.53. The summed E-state index contributed by atoms with van der Waals surface area (Å²) in [6, 6.07) is 0.622. The lowest BCUT2D eigenvalue weighted by molar-refractivity contribution is -0.132. The van der Waals surface area contributed by atoms with Crippen LogP contribution in [0.2, 0.25) is 25.7 Å². The highest BCUT2D eigenvalue weighted by Crippen LogP contribution is 2.11. The third-order valence-electron chi connectivity index (χ3n) is 2.09. The normalized spacial score (nSPS) is 13.3. The number of nitrogens with zero attached hydrogens (tertiary/aromatic N) is 1. The van der Waals surface area contributed by atoms with Gasteiger partial charge in [0.15, 0.2) is 0 Å². The van der Waals surface area contributed by atoms with Crippen molar-refractivity contribution in [2.24, 2.45) is 4.40 Å². The molecule has 5 nitrogen and oxygen atoms in total. The van der Waals surface area contributed by atoms with Gasteiger partial charge in [0.05, 0.1) is 18.6 Å². The Balaban J connectivity index is 4.85. The number of thiocarbonyl (C=S) groups is 1. The zero-order valence-corrected chi connectivity index (χ0v) is 13.9. The minimum Gasteiger partial charge on any atom is -0.465 e. The SMILES string of the molecule is COC(=O)C(=S)/C(C)=N/S(=O)(=O)CC[Si](C)(C)C. The Labute approximate surface area is 115 Å². The molecule has 0 aromatic carbocycles. The Morgan fingerprint density at radius 3 is 2.22 bits per heavy atom. The van der Waals surface area contributed by atoms with E-state index in [4.69, 9.17) is 12.2 Å². The number of esters is 1. The van der Waals surface area contributed by atoms with E-state index in [0.717, 1.165) is 0 Å². The van der Waals surface area contributed by atoms with E-state index in [9.17, 15) is 13.2 Å². The zero-order valence-electron chi connectivity index (χ0n) is 11.3. The number of ether oxygens (including phenoxy) is 1. The second-order valence-corrected chi connectivity index (χ2v) is 12.9. The van der Waals surface area contributed by atoms with Crippen LogP contribution in [0.15, 0.2) is 4.40 Å². The molecule has 0 aromatic heterocycles. The van der Waals surface area contributed by atoms with Crippen LogP contribution in [-0.4, -0.2) is 45.9 Å². The van der Waals surface area contributed by atoms with Gasteiger partial charge >= 0.3 is 5.97 Å². The number of carbonyl (C=O) groups excluding carboxylic acids is 1. The molecule has 0 heterocycles. The van der Waals surface area contributed by atoms with E-state index in [0.29, 0.717) is 6.04 Å². The molecule has 104 valence electrons. The predicted octanol–water partition coefficient (Wildman–Crippen LogP) is 1.66. The minimum absolute atomic E-state index is 0.00688. The summed E-state index contributed by atoms with van der Waals surface area (Å²) in [5.74, 6) is -0.754. The fourth-order valence-electron chi connectivity index (χ4n) is 0.971. The van der Waals surface area contributed by atoms with Crippen molar-refractivity contribution < 1.29 is 17.9 Å². The average Bonchev–Trinajstić information content (AvgIpc) is 2.23. The number of methoxy groups -OCH3 is 1. The molecule has 0 rings (SSSR count). The van der Waals surface area contributed by atoms with E-state index in [1.54, 1.807) is 0 Å². The van der Waals surface area contributed by atoms with Crippen LogP contribution in [0.1, 0.15) is 6.92 Å². The number of sulfonamides is 1. The van der Waals surface area contributed by atoms with Crippen molar-refractivity contribution in [3.8, 4) is 0 Å². The van der Waals surface area contributed by atoms with Crippen molar-refractivity contribution in [2.45, 2.75) is 32.6 Å². The molecular weight excluding hydrogens is 290 g/mol. The molecule has 0 amide bonds. The quantitative estimate of drug-likeness (QED) is 0.323. The molecular formula is C10H19NO4S2Si. The van der Waals surface area contributed by atoms with Gasteiger partial charge < -0.3 is 4.74 Å². The maximum atomic E-state index is 11.7. The van der Waals surface area contributed by atoms with Gasteiger partial charge in [-0.05, 0) is 13.0 Å². The lowest BCUT2D eigenvalue weighted by atomic mass is 10.3. The molecule has 0 aliphatic carbocycles. The first kappa shape index (κ1) is 17.4. The molecule has 0 saturated carbocycles. The molecule has 0 aliphatic rings. The van der Waals surface area contributed by atoms with Gasteiger partial charge in [-0.3, -0.25) is 0 Å². The second-order valence-electron chi connectivity index (χ2n) is 5.09. The lowest BCUT2D eigenvalue weighted by Gasteiger charge is -2.14. The Kier molecular flexibility index (Phi) is 6.31. The maximum absolute atomic E-state index is 11.7. The molecule has 0 N–H and O–H groups in total. The number of hydrogen-bond donors (Lipinski definition) is 0. The summed E-state index contributed by atoms with van der Waals surface area (Å²) in [4.78, 5) is 10.9. The van der Waals surface area contributed by atoms with Gasteiger partial charge in [-0.1, -0.05) is 31.9 Å². The number of rotatable bonds is 6. The van der Waals surface area contributed by atoms with Crippen molar-refractivity contribution in [2.75, 3.05) is 12.9 Å². The van der Waals surface area contributed by atoms with Gasteiger partial charge in [-0.15, -0.1) is 0 Å². The van der Waals surface area contributed by atoms with Gasteiger partial charge in [0.25, 0.3) is 10.0 Å². The van der Waals surface area contributed by atoms with Crippen molar-refractivity contribution in [3.63, 3.8) is 0 Å². The average molecular weight is 309 g/mol. The third kappa shape index (κ3) is 6.97. The summed E-state index contributed by atoms with van der Waals surface area (Å²) in [5, 5.41) is 0. The predicted molar refractivity (Wildman–Crippen MR) is 79.7 cm³/mol. The Hall–Kier alpha value is -0.603. The van der Waals surface area contributed by atoms with Crippen LogP contribution in [0.3, 0.4) is 0 Å². The highest BCUT2D eigenvalue weighted by atomic mass is 32.2. The molecule has 0 spiro atoms. The largest absolute Gasteiger partial charge is 0.465 e. The van der Waals surface area contributed by atoms with Crippen LogP contribution in [0, 0.1) is 0 Å². The summed E-state index contributed by atoms with van der Waals surface area (Å²) in [6.45, 7) is 7.64. The first-order valence-electron chi connectivity index (χ1n) is 5.40. The van der Waals surface area contributed by atoms with E-state index < -0.39 is 24.1 Å². The van der Waals surface area contributed by atoms with Crippen LogP contribution < -0.4 is 0 Å². The smallest absolute Gasteiger partial charge is 0.350 e. The van der Waals surface area contributed by atoms with E-state index in [1.165, 1.54) is 14.0 Å². The summed E-state index contributed by atoms with van der Waals surface area (Å²) in [5.41, 5.74) is 0.00688. The van der Waals surface area contributed by atoms with Gasteiger partial charge in [0, 0.05) is 8.07 Å². The van der Waals surface area contributed by atoms with Crippen LogP contribution >= 0.6 is 12.2 Å². The lowest BCUT2D eigenvalue weighted by Crippen LogP contribution is -2.25. The molecule has 0 radical (unpaired) electrons. The summed E-state index contributed by atoms with van der Waals surface area (Å²) in [6.07, 6.45) is 0. The molecule has 0 bridgehead atoms. The molecule has 0 saturated heterocycles. The molecule has 0 fully saturated rings. The van der Waals surface area contributed by atoms with Gasteiger partial charge in [0.1, 0.15) is 4.86 Å². The van der Waals surface area contributed by atoms with Crippen molar-refractivity contribution in [1.29, 1.82) is 0 Å². The van der Waals surface area contributed by atoms with E-state index in [2.05, 4.69) is 28.8 Å². The van der Waals surface area contributed by atoms with Gasteiger partial charge in [-0.2, -0.15) is 4.40 Å². The van der Waals surface area contributed by atoms with Gasteiger partial charge in [0.2, 0.25) is 0 Å². The summed E-state index contributed by atoms with van der Waals surface area (Å²) in [7, 11) is -3.84.